The summed E-state index contributed by atoms with van der Waals surface area (Å²) in [6.45, 7) is 9.66. The molecular formula is C20H27N3O2. The van der Waals surface area contributed by atoms with Crippen LogP contribution in [-0.4, -0.2) is 66.1 Å². The second-order valence-electron chi connectivity index (χ2n) is 7.53. The molecule has 0 bridgehead atoms. The van der Waals surface area contributed by atoms with E-state index in [0.717, 1.165) is 55.9 Å². The molecule has 2 aromatic rings. The lowest BCUT2D eigenvalue weighted by atomic mass is 10.0. The van der Waals surface area contributed by atoms with Crippen molar-refractivity contribution in [2.75, 3.05) is 39.4 Å². The highest BCUT2D eigenvalue weighted by Crippen LogP contribution is 2.25. The van der Waals surface area contributed by atoms with Crippen molar-refractivity contribution in [3.63, 3.8) is 0 Å². The molecule has 2 aliphatic heterocycles. The fourth-order valence-electron chi connectivity index (χ4n) is 4.26. The molecule has 4 rings (SSSR count). The van der Waals surface area contributed by atoms with Crippen molar-refractivity contribution >= 4 is 16.8 Å². The van der Waals surface area contributed by atoms with E-state index in [-0.39, 0.29) is 5.91 Å². The summed E-state index contributed by atoms with van der Waals surface area (Å²) in [6.07, 6.45) is 2.46. The summed E-state index contributed by atoms with van der Waals surface area (Å²) in [5, 5.41) is 1.16. The highest BCUT2D eigenvalue weighted by molar-refractivity contribution is 5.89. The number of aryl methyl sites for hydroxylation is 1. The van der Waals surface area contributed by atoms with Gasteiger partial charge >= 0.3 is 0 Å². The van der Waals surface area contributed by atoms with Crippen molar-refractivity contribution in [3.8, 4) is 0 Å². The van der Waals surface area contributed by atoms with E-state index >= 15 is 0 Å². The van der Waals surface area contributed by atoms with Gasteiger partial charge in [-0.1, -0.05) is 19.1 Å². The van der Waals surface area contributed by atoms with Crippen molar-refractivity contribution in [1.29, 1.82) is 0 Å². The number of fused-ring (bicyclic) bond motifs is 1. The average molecular weight is 341 g/mol. The monoisotopic (exact) mass is 341 g/mol. The number of morpholine rings is 1. The molecule has 1 aromatic carbocycles. The average Bonchev–Trinajstić information content (AvgIpc) is 3.19. The van der Waals surface area contributed by atoms with Crippen molar-refractivity contribution in [2.45, 2.75) is 26.3 Å². The van der Waals surface area contributed by atoms with Crippen LogP contribution in [0.25, 0.3) is 10.9 Å². The Morgan fingerprint density at radius 2 is 2.08 bits per heavy atom. The number of likely N-dealkylation sites (tertiary alicyclic amines) is 1. The zero-order valence-electron chi connectivity index (χ0n) is 15.1. The SMILES string of the molecule is Cc1ccc2c(CC(=O)N3CC(C)C(N4CCOCC4)C3)c[nH]c2c1. The molecule has 3 heterocycles. The lowest BCUT2D eigenvalue weighted by molar-refractivity contribution is -0.129. The molecule has 0 aliphatic carbocycles. The lowest BCUT2D eigenvalue weighted by Crippen LogP contribution is -2.47. The van der Waals surface area contributed by atoms with Gasteiger partial charge in [-0.15, -0.1) is 0 Å². The summed E-state index contributed by atoms with van der Waals surface area (Å²) in [5.74, 6) is 0.761. The normalized spacial score (nSPS) is 25.0. The van der Waals surface area contributed by atoms with Gasteiger partial charge in [-0.3, -0.25) is 9.69 Å². The molecule has 2 fully saturated rings. The molecule has 0 radical (unpaired) electrons. The maximum absolute atomic E-state index is 12.9. The molecule has 2 atom stereocenters. The number of hydrogen-bond acceptors (Lipinski definition) is 3. The molecule has 134 valence electrons. The number of aromatic nitrogens is 1. The molecule has 1 amide bonds. The molecule has 1 N–H and O–H groups in total. The fraction of sp³-hybridized carbons (Fsp3) is 0.550. The maximum atomic E-state index is 12.9. The van der Waals surface area contributed by atoms with E-state index in [1.165, 1.54) is 5.56 Å². The zero-order chi connectivity index (χ0) is 17.4. The minimum Gasteiger partial charge on any atom is -0.379 e. The van der Waals surface area contributed by atoms with Crippen LogP contribution in [-0.2, 0) is 16.0 Å². The molecule has 2 unspecified atom stereocenters. The van der Waals surface area contributed by atoms with E-state index in [1.807, 2.05) is 6.20 Å². The number of nitrogens with zero attached hydrogens (tertiary/aromatic N) is 2. The second-order valence-corrected chi connectivity index (χ2v) is 7.53. The molecule has 0 spiro atoms. The highest BCUT2D eigenvalue weighted by Gasteiger charge is 2.36. The van der Waals surface area contributed by atoms with Crippen LogP contribution in [0.4, 0.5) is 0 Å². The predicted molar refractivity (Wildman–Crippen MR) is 98.7 cm³/mol. The van der Waals surface area contributed by atoms with E-state index in [9.17, 15) is 4.79 Å². The van der Waals surface area contributed by atoms with Crippen molar-refractivity contribution in [3.05, 3.63) is 35.5 Å². The van der Waals surface area contributed by atoms with Crippen LogP contribution < -0.4 is 0 Å². The summed E-state index contributed by atoms with van der Waals surface area (Å²) < 4.78 is 5.46. The summed E-state index contributed by atoms with van der Waals surface area (Å²) >= 11 is 0. The number of nitrogens with one attached hydrogen (secondary N) is 1. The summed E-state index contributed by atoms with van der Waals surface area (Å²) in [4.78, 5) is 20.7. The van der Waals surface area contributed by atoms with E-state index in [1.54, 1.807) is 0 Å². The van der Waals surface area contributed by atoms with Gasteiger partial charge < -0.3 is 14.6 Å². The summed E-state index contributed by atoms with van der Waals surface area (Å²) in [5.41, 5.74) is 3.44. The predicted octanol–water partition coefficient (Wildman–Crippen LogP) is 2.20. The molecule has 2 saturated heterocycles. The Kier molecular flexibility index (Phi) is 4.52. The quantitative estimate of drug-likeness (QED) is 0.931. The largest absolute Gasteiger partial charge is 0.379 e. The number of carbonyl (C=O) groups is 1. The van der Waals surface area contributed by atoms with Gasteiger partial charge in [0.25, 0.3) is 0 Å². The van der Waals surface area contributed by atoms with Gasteiger partial charge in [0.1, 0.15) is 0 Å². The molecule has 5 nitrogen and oxygen atoms in total. The molecule has 2 aliphatic rings. The first-order valence-corrected chi connectivity index (χ1v) is 9.28. The van der Waals surface area contributed by atoms with Gasteiger partial charge in [0, 0.05) is 49.3 Å². The van der Waals surface area contributed by atoms with Crippen molar-refractivity contribution < 1.29 is 9.53 Å². The number of aromatic amines is 1. The first kappa shape index (κ1) is 16.6. The van der Waals surface area contributed by atoms with E-state index in [2.05, 4.69) is 46.8 Å². The van der Waals surface area contributed by atoms with Crippen molar-refractivity contribution in [2.24, 2.45) is 5.92 Å². The first-order valence-electron chi connectivity index (χ1n) is 9.28. The minimum atomic E-state index is 0.240. The van der Waals surface area contributed by atoms with Crippen LogP contribution in [0.1, 0.15) is 18.1 Å². The van der Waals surface area contributed by atoms with Gasteiger partial charge in [-0.2, -0.15) is 0 Å². The van der Waals surface area contributed by atoms with Crippen molar-refractivity contribution in [1.82, 2.24) is 14.8 Å². The van der Waals surface area contributed by atoms with Gasteiger partial charge in [-0.05, 0) is 30.0 Å². The molecule has 25 heavy (non-hydrogen) atoms. The highest BCUT2D eigenvalue weighted by atomic mass is 16.5. The van der Waals surface area contributed by atoms with Crippen LogP contribution in [0.15, 0.2) is 24.4 Å². The van der Waals surface area contributed by atoms with Gasteiger partial charge in [-0.25, -0.2) is 0 Å². The van der Waals surface area contributed by atoms with Crippen LogP contribution >= 0.6 is 0 Å². The minimum absolute atomic E-state index is 0.240. The number of rotatable bonds is 3. The van der Waals surface area contributed by atoms with Crippen LogP contribution in [0.3, 0.4) is 0 Å². The fourth-order valence-corrected chi connectivity index (χ4v) is 4.26. The summed E-state index contributed by atoms with van der Waals surface area (Å²) in [6, 6.07) is 6.83. The number of H-pyrrole nitrogens is 1. The Balaban J connectivity index is 1.44. The lowest BCUT2D eigenvalue weighted by Gasteiger charge is -2.34. The van der Waals surface area contributed by atoms with E-state index < -0.39 is 0 Å². The smallest absolute Gasteiger partial charge is 0.227 e. The Morgan fingerprint density at radius 1 is 1.28 bits per heavy atom. The Labute approximate surface area is 148 Å². The number of amides is 1. The number of benzene rings is 1. The number of hydrogen-bond donors (Lipinski definition) is 1. The third-order valence-electron chi connectivity index (χ3n) is 5.70. The van der Waals surface area contributed by atoms with E-state index in [0.29, 0.717) is 18.4 Å². The van der Waals surface area contributed by atoms with Gasteiger partial charge in [0.2, 0.25) is 5.91 Å². The summed E-state index contributed by atoms with van der Waals surface area (Å²) in [7, 11) is 0. The van der Waals surface area contributed by atoms with E-state index in [4.69, 9.17) is 4.74 Å². The molecule has 0 saturated carbocycles. The maximum Gasteiger partial charge on any atom is 0.227 e. The molecular weight excluding hydrogens is 314 g/mol. The topological polar surface area (TPSA) is 48.6 Å². The second kappa shape index (κ2) is 6.81. The number of carbonyl (C=O) groups excluding carboxylic acids is 1. The third-order valence-corrected chi connectivity index (χ3v) is 5.70. The standard InChI is InChI=1S/C20H27N3O2/c1-14-3-4-17-16(11-21-18(17)9-14)10-20(24)23-12-15(2)19(13-23)22-5-7-25-8-6-22/h3-4,9,11,15,19,21H,5-8,10,12-13H2,1-2H3. The number of ether oxygens (including phenoxy) is 1. The first-order chi connectivity index (χ1) is 12.1. The van der Waals surface area contributed by atoms with Crippen LogP contribution in [0.5, 0.6) is 0 Å². The van der Waals surface area contributed by atoms with Crippen LogP contribution in [0.2, 0.25) is 0 Å². The van der Waals surface area contributed by atoms with Gasteiger partial charge in [0.05, 0.1) is 19.6 Å². The zero-order valence-corrected chi connectivity index (χ0v) is 15.1. The Morgan fingerprint density at radius 3 is 2.88 bits per heavy atom. The molecule has 1 aromatic heterocycles. The Bertz CT molecular complexity index is 763. The third kappa shape index (κ3) is 3.31. The molecule has 5 heteroatoms. The Hall–Kier alpha value is -1.85. The van der Waals surface area contributed by atoms with Gasteiger partial charge in [0.15, 0.2) is 0 Å². The van der Waals surface area contributed by atoms with Crippen LogP contribution in [0, 0.1) is 12.8 Å².